The normalized spacial score (nSPS) is 19.4. The molecule has 1 fully saturated rings. The fourth-order valence-corrected chi connectivity index (χ4v) is 3.08. The summed E-state index contributed by atoms with van der Waals surface area (Å²) >= 11 is 0. The number of hydrogen-bond acceptors (Lipinski definition) is 4. The van der Waals surface area contributed by atoms with Crippen LogP contribution in [0.25, 0.3) is 0 Å². The molecule has 0 heterocycles. The minimum absolute atomic E-state index is 0.516. The van der Waals surface area contributed by atoms with Gasteiger partial charge in [-0.05, 0) is 31.0 Å². The summed E-state index contributed by atoms with van der Waals surface area (Å²) in [6.07, 6.45) is 4.38. The molecule has 4 heteroatoms. The summed E-state index contributed by atoms with van der Waals surface area (Å²) < 4.78 is 16.3. The van der Waals surface area contributed by atoms with E-state index in [2.05, 4.69) is 0 Å². The highest BCUT2D eigenvalue weighted by Gasteiger charge is 2.41. The van der Waals surface area contributed by atoms with E-state index in [1.165, 1.54) is 6.42 Å². The van der Waals surface area contributed by atoms with Crippen molar-refractivity contribution in [3.63, 3.8) is 0 Å². The molecule has 1 aromatic rings. The van der Waals surface area contributed by atoms with E-state index in [-0.39, 0.29) is 0 Å². The second-order valence-corrected chi connectivity index (χ2v) is 5.34. The Morgan fingerprint density at radius 1 is 1.05 bits per heavy atom. The molecular weight excluding hydrogens is 256 g/mol. The molecule has 2 rings (SSSR count). The fourth-order valence-electron chi connectivity index (χ4n) is 3.08. The zero-order valence-electron chi connectivity index (χ0n) is 12.5. The maximum Gasteiger partial charge on any atom is 0.125 e. The molecule has 1 unspecified atom stereocenters. The van der Waals surface area contributed by atoms with Crippen LogP contribution >= 0.6 is 0 Å². The number of hydrogen-bond donors (Lipinski definition) is 1. The van der Waals surface area contributed by atoms with E-state index in [0.29, 0.717) is 11.5 Å². The van der Waals surface area contributed by atoms with Crippen LogP contribution in [0.4, 0.5) is 0 Å². The molecule has 1 aromatic carbocycles. The van der Waals surface area contributed by atoms with Gasteiger partial charge in [0.05, 0.1) is 19.8 Å². The lowest BCUT2D eigenvalue weighted by Crippen LogP contribution is -2.40. The summed E-state index contributed by atoms with van der Waals surface area (Å²) in [5.74, 6) is 1.38. The van der Waals surface area contributed by atoms with Gasteiger partial charge in [-0.3, -0.25) is 0 Å². The largest absolute Gasteiger partial charge is 0.497 e. The highest BCUT2D eigenvalue weighted by molar-refractivity contribution is 5.42. The fraction of sp³-hybridized carbons (Fsp3) is 0.625. The first-order valence-corrected chi connectivity index (χ1v) is 7.12. The van der Waals surface area contributed by atoms with Crippen LogP contribution in [0.1, 0.15) is 43.8 Å². The number of aliphatic hydroxyl groups excluding tert-OH is 1. The first-order valence-electron chi connectivity index (χ1n) is 7.12. The molecule has 0 aromatic heterocycles. The first-order chi connectivity index (χ1) is 9.66. The van der Waals surface area contributed by atoms with Gasteiger partial charge in [-0.2, -0.15) is 0 Å². The van der Waals surface area contributed by atoms with Crippen LogP contribution in [0.3, 0.4) is 0 Å². The molecule has 1 saturated carbocycles. The molecule has 0 spiro atoms. The Morgan fingerprint density at radius 2 is 1.75 bits per heavy atom. The molecule has 1 aliphatic carbocycles. The van der Waals surface area contributed by atoms with Crippen LogP contribution in [0.5, 0.6) is 11.5 Å². The summed E-state index contributed by atoms with van der Waals surface area (Å²) in [4.78, 5) is 0. The predicted octanol–water partition coefficient (Wildman–Crippen LogP) is 3.09. The Balaban J connectivity index is 2.37. The molecule has 0 aliphatic heterocycles. The van der Waals surface area contributed by atoms with Crippen molar-refractivity contribution in [1.29, 1.82) is 0 Å². The molecule has 0 radical (unpaired) electrons. The standard InChI is InChI=1S/C16H24O4/c1-18-12-7-8-14(19-2)13(11-12)15(17)16(20-3)9-5-4-6-10-16/h7-8,11,15,17H,4-6,9-10H2,1-3H3. The van der Waals surface area contributed by atoms with Crippen molar-refractivity contribution in [3.05, 3.63) is 23.8 Å². The molecule has 112 valence electrons. The minimum atomic E-state index is -0.710. The Kier molecular flexibility index (Phi) is 4.89. The number of aliphatic hydroxyl groups is 1. The topological polar surface area (TPSA) is 47.9 Å². The predicted molar refractivity (Wildman–Crippen MR) is 77.3 cm³/mol. The van der Waals surface area contributed by atoms with E-state index in [1.807, 2.05) is 18.2 Å². The average Bonchev–Trinajstić information content (AvgIpc) is 2.54. The smallest absolute Gasteiger partial charge is 0.125 e. The van der Waals surface area contributed by atoms with Crippen LogP contribution < -0.4 is 9.47 Å². The zero-order valence-corrected chi connectivity index (χ0v) is 12.5. The number of rotatable bonds is 5. The molecular formula is C16H24O4. The molecule has 1 N–H and O–H groups in total. The van der Waals surface area contributed by atoms with Crippen LogP contribution in [-0.2, 0) is 4.74 Å². The van der Waals surface area contributed by atoms with Gasteiger partial charge >= 0.3 is 0 Å². The molecule has 4 nitrogen and oxygen atoms in total. The Labute approximate surface area is 120 Å². The number of ether oxygens (including phenoxy) is 3. The second kappa shape index (κ2) is 6.46. The van der Waals surface area contributed by atoms with Gasteiger partial charge in [0, 0.05) is 12.7 Å². The Hall–Kier alpha value is -1.26. The monoisotopic (exact) mass is 280 g/mol. The van der Waals surface area contributed by atoms with Gasteiger partial charge in [0.15, 0.2) is 0 Å². The Bertz CT molecular complexity index is 438. The van der Waals surface area contributed by atoms with Gasteiger partial charge in [0.25, 0.3) is 0 Å². The zero-order chi connectivity index (χ0) is 14.6. The van der Waals surface area contributed by atoms with Crippen molar-refractivity contribution in [3.8, 4) is 11.5 Å². The molecule has 1 atom stereocenters. The van der Waals surface area contributed by atoms with E-state index >= 15 is 0 Å². The molecule has 0 saturated heterocycles. The SMILES string of the molecule is COc1ccc(OC)c(C(O)C2(OC)CCCCC2)c1. The van der Waals surface area contributed by atoms with Gasteiger partial charge in [-0.1, -0.05) is 19.3 Å². The lowest BCUT2D eigenvalue weighted by Gasteiger charge is -2.40. The Morgan fingerprint density at radius 3 is 2.30 bits per heavy atom. The van der Waals surface area contributed by atoms with Crippen LogP contribution in [0, 0.1) is 0 Å². The number of methoxy groups -OCH3 is 3. The molecule has 0 amide bonds. The highest BCUT2D eigenvalue weighted by Crippen LogP contribution is 2.44. The second-order valence-electron chi connectivity index (χ2n) is 5.34. The van der Waals surface area contributed by atoms with Crippen LogP contribution in [0.2, 0.25) is 0 Å². The molecule has 0 bridgehead atoms. The van der Waals surface area contributed by atoms with Gasteiger partial charge in [0.1, 0.15) is 17.6 Å². The van der Waals surface area contributed by atoms with Crippen LogP contribution in [-0.4, -0.2) is 32.0 Å². The van der Waals surface area contributed by atoms with Gasteiger partial charge in [-0.15, -0.1) is 0 Å². The van der Waals surface area contributed by atoms with Crippen molar-refractivity contribution in [2.24, 2.45) is 0 Å². The van der Waals surface area contributed by atoms with Gasteiger partial charge in [0.2, 0.25) is 0 Å². The summed E-state index contributed by atoms with van der Waals surface area (Å²) in [5, 5.41) is 10.9. The highest BCUT2D eigenvalue weighted by atomic mass is 16.5. The quantitative estimate of drug-likeness (QED) is 0.900. The third-order valence-electron chi connectivity index (χ3n) is 4.34. The van der Waals surface area contributed by atoms with Gasteiger partial charge in [-0.25, -0.2) is 0 Å². The average molecular weight is 280 g/mol. The first kappa shape index (κ1) is 15.1. The third-order valence-corrected chi connectivity index (χ3v) is 4.34. The molecule has 1 aliphatic rings. The summed E-state index contributed by atoms with van der Waals surface area (Å²) in [6.45, 7) is 0. The van der Waals surface area contributed by atoms with Crippen molar-refractivity contribution >= 4 is 0 Å². The van der Waals surface area contributed by atoms with Gasteiger partial charge < -0.3 is 19.3 Å². The summed E-state index contributed by atoms with van der Waals surface area (Å²) in [6, 6.07) is 5.48. The lowest BCUT2D eigenvalue weighted by molar-refractivity contribution is -0.125. The summed E-state index contributed by atoms with van der Waals surface area (Å²) in [7, 11) is 4.91. The maximum absolute atomic E-state index is 10.9. The van der Waals surface area contributed by atoms with Crippen molar-refractivity contribution < 1.29 is 19.3 Å². The summed E-state index contributed by atoms with van der Waals surface area (Å²) in [5.41, 5.74) is 0.216. The maximum atomic E-state index is 10.9. The van der Waals surface area contributed by atoms with Crippen molar-refractivity contribution in [2.45, 2.75) is 43.8 Å². The minimum Gasteiger partial charge on any atom is -0.497 e. The van der Waals surface area contributed by atoms with Crippen molar-refractivity contribution in [2.75, 3.05) is 21.3 Å². The van der Waals surface area contributed by atoms with E-state index in [4.69, 9.17) is 14.2 Å². The van der Waals surface area contributed by atoms with E-state index in [1.54, 1.807) is 21.3 Å². The van der Waals surface area contributed by atoms with E-state index in [0.717, 1.165) is 31.2 Å². The van der Waals surface area contributed by atoms with E-state index < -0.39 is 11.7 Å². The van der Waals surface area contributed by atoms with E-state index in [9.17, 15) is 5.11 Å². The van der Waals surface area contributed by atoms with Crippen molar-refractivity contribution in [1.82, 2.24) is 0 Å². The van der Waals surface area contributed by atoms with Crippen LogP contribution in [0.15, 0.2) is 18.2 Å². The molecule has 20 heavy (non-hydrogen) atoms. The third kappa shape index (κ3) is 2.76. The number of benzene rings is 1. The lowest BCUT2D eigenvalue weighted by atomic mass is 9.78.